The largest absolute Gasteiger partial charge is 0.496 e. The second-order valence-electron chi connectivity index (χ2n) is 4.88. The highest BCUT2D eigenvalue weighted by Crippen LogP contribution is 2.39. The number of hydrogen-bond acceptors (Lipinski definition) is 1. The highest BCUT2D eigenvalue weighted by atomic mass is 35.5. The summed E-state index contributed by atoms with van der Waals surface area (Å²) in [7, 11) is 1.67. The van der Waals surface area contributed by atoms with Gasteiger partial charge in [0.05, 0.1) is 7.11 Å². The monoisotopic (exact) mass is 328 g/mol. The molecule has 0 saturated carbocycles. The van der Waals surface area contributed by atoms with Crippen LogP contribution in [0, 0.1) is 0 Å². The molecule has 3 heteroatoms. The van der Waals surface area contributed by atoms with Crippen molar-refractivity contribution in [2.75, 3.05) is 7.11 Å². The summed E-state index contributed by atoms with van der Waals surface area (Å²) in [5, 5.41) is 1.25. The van der Waals surface area contributed by atoms with Crippen LogP contribution in [-0.4, -0.2) is 7.11 Å². The van der Waals surface area contributed by atoms with Crippen LogP contribution in [0.5, 0.6) is 5.75 Å². The summed E-state index contributed by atoms with van der Waals surface area (Å²) in [5.74, 6) is 0.791. The van der Waals surface area contributed by atoms with Crippen molar-refractivity contribution in [2.24, 2.45) is 0 Å². The topological polar surface area (TPSA) is 9.23 Å². The Bertz CT molecular complexity index is 778. The van der Waals surface area contributed by atoms with Crippen LogP contribution in [0.25, 0.3) is 22.3 Å². The van der Waals surface area contributed by atoms with Gasteiger partial charge in [0.1, 0.15) is 5.75 Å². The first-order chi connectivity index (χ1) is 10.7. The van der Waals surface area contributed by atoms with Gasteiger partial charge in [-0.2, -0.15) is 0 Å². The lowest BCUT2D eigenvalue weighted by molar-refractivity contribution is 0.416. The number of hydrogen-bond donors (Lipinski definition) is 0. The Labute approximate surface area is 140 Å². The van der Waals surface area contributed by atoms with Gasteiger partial charge >= 0.3 is 0 Å². The van der Waals surface area contributed by atoms with Crippen LogP contribution in [-0.2, 0) is 0 Å². The highest BCUT2D eigenvalue weighted by Gasteiger charge is 2.12. The molecule has 0 fully saturated rings. The van der Waals surface area contributed by atoms with E-state index in [1.165, 1.54) is 0 Å². The van der Waals surface area contributed by atoms with Crippen LogP contribution in [0.1, 0.15) is 0 Å². The molecule has 1 nitrogen and oxygen atoms in total. The zero-order valence-corrected chi connectivity index (χ0v) is 13.5. The van der Waals surface area contributed by atoms with Gasteiger partial charge in [0, 0.05) is 21.2 Å². The van der Waals surface area contributed by atoms with Gasteiger partial charge in [-0.05, 0) is 29.3 Å². The van der Waals surface area contributed by atoms with E-state index in [1.807, 2.05) is 54.6 Å². The van der Waals surface area contributed by atoms with Crippen molar-refractivity contribution in [3.63, 3.8) is 0 Å². The van der Waals surface area contributed by atoms with E-state index in [0.717, 1.165) is 28.0 Å². The van der Waals surface area contributed by atoms with Crippen LogP contribution in [0.4, 0.5) is 0 Å². The van der Waals surface area contributed by atoms with Gasteiger partial charge < -0.3 is 4.74 Å². The molecule has 0 unspecified atom stereocenters. The third-order valence-electron chi connectivity index (χ3n) is 3.54. The number of methoxy groups -OCH3 is 1. The number of benzene rings is 3. The number of halogens is 2. The molecule has 0 aliphatic heterocycles. The van der Waals surface area contributed by atoms with Gasteiger partial charge in [0.15, 0.2) is 0 Å². The third kappa shape index (κ3) is 2.83. The molecule has 0 spiro atoms. The number of rotatable bonds is 3. The van der Waals surface area contributed by atoms with Gasteiger partial charge in [-0.15, -0.1) is 0 Å². The van der Waals surface area contributed by atoms with Crippen molar-refractivity contribution in [3.05, 3.63) is 76.8 Å². The molecular formula is C19H14Cl2O. The lowest BCUT2D eigenvalue weighted by Gasteiger charge is -2.13. The predicted octanol–water partition coefficient (Wildman–Crippen LogP) is 6.34. The minimum absolute atomic E-state index is 0.627. The van der Waals surface area contributed by atoms with Gasteiger partial charge in [-0.1, -0.05) is 71.7 Å². The Morgan fingerprint density at radius 3 is 2.05 bits per heavy atom. The fourth-order valence-corrected chi connectivity index (χ4v) is 3.09. The quantitative estimate of drug-likeness (QED) is 0.545. The van der Waals surface area contributed by atoms with Gasteiger partial charge in [-0.25, -0.2) is 0 Å². The van der Waals surface area contributed by atoms with E-state index in [2.05, 4.69) is 12.1 Å². The molecule has 0 heterocycles. The fourth-order valence-electron chi connectivity index (χ4n) is 2.48. The average molecular weight is 329 g/mol. The predicted molar refractivity (Wildman–Crippen MR) is 93.9 cm³/mol. The van der Waals surface area contributed by atoms with Crippen molar-refractivity contribution in [1.29, 1.82) is 0 Å². The summed E-state index contributed by atoms with van der Waals surface area (Å²) in [6.07, 6.45) is 0. The smallest absolute Gasteiger partial charge is 0.127 e. The molecule has 22 heavy (non-hydrogen) atoms. The van der Waals surface area contributed by atoms with E-state index >= 15 is 0 Å². The van der Waals surface area contributed by atoms with Gasteiger partial charge in [0.25, 0.3) is 0 Å². The van der Waals surface area contributed by atoms with Crippen LogP contribution >= 0.6 is 23.2 Å². The van der Waals surface area contributed by atoms with E-state index in [1.54, 1.807) is 7.11 Å². The van der Waals surface area contributed by atoms with Crippen molar-refractivity contribution < 1.29 is 4.74 Å². The molecular weight excluding hydrogens is 315 g/mol. The molecule has 3 rings (SSSR count). The molecule has 110 valence electrons. The zero-order chi connectivity index (χ0) is 15.5. The minimum Gasteiger partial charge on any atom is -0.496 e. The molecule has 0 radical (unpaired) electrons. The van der Waals surface area contributed by atoms with E-state index in [9.17, 15) is 0 Å². The summed E-state index contributed by atoms with van der Waals surface area (Å²) in [6, 6.07) is 21.6. The minimum atomic E-state index is 0.627. The summed E-state index contributed by atoms with van der Waals surface area (Å²) < 4.78 is 5.56. The third-order valence-corrected chi connectivity index (χ3v) is 4.17. The Morgan fingerprint density at radius 2 is 1.41 bits per heavy atom. The molecule has 0 N–H and O–H groups in total. The summed E-state index contributed by atoms with van der Waals surface area (Å²) in [5.41, 5.74) is 3.90. The van der Waals surface area contributed by atoms with Gasteiger partial charge in [-0.3, -0.25) is 0 Å². The van der Waals surface area contributed by atoms with Crippen molar-refractivity contribution in [1.82, 2.24) is 0 Å². The average Bonchev–Trinajstić information content (AvgIpc) is 2.55. The van der Waals surface area contributed by atoms with E-state index < -0.39 is 0 Å². The molecule has 3 aromatic carbocycles. The van der Waals surface area contributed by atoms with Crippen LogP contribution in [0.2, 0.25) is 10.0 Å². The Balaban J connectivity index is 2.14. The van der Waals surface area contributed by atoms with E-state index in [4.69, 9.17) is 27.9 Å². The maximum absolute atomic E-state index is 6.29. The maximum Gasteiger partial charge on any atom is 0.127 e. The fraction of sp³-hybridized carbons (Fsp3) is 0.0526. The first-order valence-corrected chi connectivity index (χ1v) is 7.64. The molecule has 0 bridgehead atoms. The van der Waals surface area contributed by atoms with E-state index in [-0.39, 0.29) is 0 Å². The molecule has 0 saturated heterocycles. The van der Waals surface area contributed by atoms with Crippen molar-refractivity contribution in [3.8, 4) is 28.0 Å². The van der Waals surface area contributed by atoms with Crippen LogP contribution in [0.15, 0.2) is 66.7 Å². The molecule has 0 aromatic heterocycles. The highest BCUT2D eigenvalue weighted by molar-refractivity contribution is 6.39. The lowest BCUT2D eigenvalue weighted by atomic mass is 9.99. The lowest BCUT2D eigenvalue weighted by Crippen LogP contribution is -1.90. The number of ether oxygens (including phenoxy) is 1. The van der Waals surface area contributed by atoms with Gasteiger partial charge in [0.2, 0.25) is 0 Å². The van der Waals surface area contributed by atoms with Crippen LogP contribution < -0.4 is 4.74 Å². The summed E-state index contributed by atoms with van der Waals surface area (Å²) in [6.45, 7) is 0. The first kappa shape index (κ1) is 15.0. The zero-order valence-electron chi connectivity index (χ0n) is 12.0. The molecule has 0 amide bonds. The first-order valence-electron chi connectivity index (χ1n) is 6.88. The van der Waals surface area contributed by atoms with Crippen molar-refractivity contribution >= 4 is 23.2 Å². The summed E-state index contributed by atoms with van der Waals surface area (Å²) in [4.78, 5) is 0. The van der Waals surface area contributed by atoms with E-state index in [0.29, 0.717) is 10.0 Å². The molecule has 0 aliphatic carbocycles. The Morgan fingerprint density at radius 1 is 0.727 bits per heavy atom. The summed E-state index contributed by atoms with van der Waals surface area (Å²) >= 11 is 12.6. The second-order valence-corrected chi connectivity index (χ2v) is 5.69. The second kappa shape index (κ2) is 6.43. The standard InChI is InChI=1S/C19H14Cl2O/c1-22-18-12-14(19-16(20)8-5-9-17(19)21)10-11-15(18)13-6-3-2-4-7-13/h2-12H,1H3. The van der Waals surface area contributed by atoms with Crippen molar-refractivity contribution in [2.45, 2.75) is 0 Å². The van der Waals surface area contributed by atoms with Crippen LogP contribution in [0.3, 0.4) is 0 Å². The maximum atomic E-state index is 6.29. The molecule has 3 aromatic rings. The molecule has 0 aliphatic rings. The Kier molecular flexibility index (Phi) is 4.37. The Hall–Kier alpha value is -1.96. The normalized spacial score (nSPS) is 10.5. The molecule has 0 atom stereocenters. The SMILES string of the molecule is COc1cc(-c2c(Cl)cccc2Cl)ccc1-c1ccccc1.